The van der Waals surface area contributed by atoms with E-state index in [1.165, 1.54) is 0 Å². The zero-order chi connectivity index (χ0) is 13.2. The Balaban J connectivity index is 0.00000324. The summed E-state index contributed by atoms with van der Waals surface area (Å²) in [4.78, 5) is 11.5. The van der Waals surface area contributed by atoms with Crippen LogP contribution < -0.4 is 10.6 Å². The second kappa shape index (κ2) is 10.8. The summed E-state index contributed by atoms with van der Waals surface area (Å²) < 4.78 is 5.05. The SMILES string of the molecule is CNCCCC(=O)NCc1ccc(COC)cc1.Cl. The van der Waals surface area contributed by atoms with Gasteiger partial charge in [-0.15, -0.1) is 12.4 Å². The van der Waals surface area contributed by atoms with E-state index in [0.717, 1.165) is 24.1 Å². The van der Waals surface area contributed by atoms with Gasteiger partial charge in [0.25, 0.3) is 0 Å². The number of amides is 1. The minimum Gasteiger partial charge on any atom is -0.380 e. The van der Waals surface area contributed by atoms with Crippen LogP contribution in [0.5, 0.6) is 0 Å². The number of rotatable bonds is 8. The highest BCUT2D eigenvalue weighted by atomic mass is 35.5. The average molecular weight is 287 g/mol. The maximum Gasteiger partial charge on any atom is 0.220 e. The van der Waals surface area contributed by atoms with Crippen molar-refractivity contribution in [2.45, 2.75) is 26.0 Å². The molecule has 108 valence electrons. The molecule has 0 saturated carbocycles. The second-order valence-electron chi connectivity index (χ2n) is 4.23. The third-order valence-electron chi connectivity index (χ3n) is 2.65. The Bertz CT molecular complexity index is 355. The molecule has 0 heterocycles. The van der Waals surface area contributed by atoms with Gasteiger partial charge in [0.2, 0.25) is 5.91 Å². The van der Waals surface area contributed by atoms with Crippen LogP contribution >= 0.6 is 12.4 Å². The first-order valence-electron chi connectivity index (χ1n) is 6.24. The van der Waals surface area contributed by atoms with Crippen molar-refractivity contribution in [2.24, 2.45) is 0 Å². The fourth-order valence-corrected chi connectivity index (χ4v) is 1.63. The van der Waals surface area contributed by atoms with Crippen molar-refractivity contribution in [1.82, 2.24) is 10.6 Å². The number of carbonyl (C=O) groups excluding carboxylic acids is 1. The molecule has 1 aromatic rings. The van der Waals surface area contributed by atoms with Crippen molar-refractivity contribution in [3.05, 3.63) is 35.4 Å². The number of ether oxygens (including phenoxy) is 1. The molecule has 0 aromatic heterocycles. The van der Waals surface area contributed by atoms with Crippen LogP contribution in [-0.4, -0.2) is 26.6 Å². The van der Waals surface area contributed by atoms with Gasteiger partial charge in [0.05, 0.1) is 6.61 Å². The molecule has 1 aromatic carbocycles. The van der Waals surface area contributed by atoms with E-state index >= 15 is 0 Å². The van der Waals surface area contributed by atoms with Crippen LogP contribution in [0.15, 0.2) is 24.3 Å². The van der Waals surface area contributed by atoms with Crippen molar-refractivity contribution in [1.29, 1.82) is 0 Å². The molecule has 0 bridgehead atoms. The van der Waals surface area contributed by atoms with E-state index in [2.05, 4.69) is 10.6 Å². The molecular weight excluding hydrogens is 264 g/mol. The highest BCUT2D eigenvalue weighted by molar-refractivity contribution is 5.85. The van der Waals surface area contributed by atoms with Crippen LogP contribution in [-0.2, 0) is 22.7 Å². The minimum absolute atomic E-state index is 0. The van der Waals surface area contributed by atoms with E-state index in [1.807, 2.05) is 31.3 Å². The lowest BCUT2D eigenvalue weighted by Crippen LogP contribution is -2.23. The van der Waals surface area contributed by atoms with Crippen LogP contribution in [0.1, 0.15) is 24.0 Å². The fraction of sp³-hybridized carbons (Fsp3) is 0.500. The Morgan fingerprint density at radius 3 is 2.42 bits per heavy atom. The molecule has 0 fully saturated rings. The predicted molar refractivity (Wildman–Crippen MR) is 79.4 cm³/mol. The number of hydrogen-bond acceptors (Lipinski definition) is 3. The van der Waals surface area contributed by atoms with Crippen LogP contribution in [0.2, 0.25) is 0 Å². The summed E-state index contributed by atoms with van der Waals surface area (Å²) in [5.74, 6) is 0.103. The van der Waals surface area contributed by atoms with Crippen LogP contribution in [0.3, 0.4) is 0 Å². The summed E-state index contributed by atoms with van der Waals surface area (Å²) in [6.45, 7) is 2.08. The highest BCUT2D eigenvalue weighted by Gasteiger charge is 2.01. The number of carbonyl (C=O) groups is 1. The number of benzene rings is 1. The summed E-state index contributed by atoms with van der Waals surface area (Å²) in [6, 6.07) is 8.07. The van der Waals surface area contributed by atoms with E-state index in [0.29, 0.717) is 19.6 Å². The topological polar surface area (TPSA) is 50.4 Å². The lowest BCUT2D eigenvalue weighted by atomic mass is 10.1. The lowest BCUT2D eigenvalue weighted by molar-refractivity contribution is -0.121. The van der Waals surface area contributed by atoms with Gasteiger partial charge in [0.1, 0.15) is 0 Å². The predicted octanol–water partition coefficient (Wildman–Crippen LogP) is 1.87. The van der Waals surface area contributed by atoms with Gasteiger partial charge in [-0.3, -0.25) is 4.79 Å². The van der Waals surface area contributed by atoms with Gasteiger partial charge in [-0.2, -0.15) is 0 Å². The molecule has 0 saturated heterocycles. The maximum atomic E-state index is 11.5. The zero-order valence-corrected chi connectivity index (χ0v) is 12.4. The van der Waals surface area contributed by atoms with Crippen LogP contribution in [0.25, 0.3) is 0 Å². The van der Waals surface area contributed by atoms with Gasteiger partial charge < -0.3 is 15.4 Å². The standard InChI is InChI=1S/C14H22N2O2.ClH/c1-15-9-3-4-14(17)16-10-12-5-7-13(8-6-12)11-18-2;/h5-8,15H,3-4,9-11H2,1-2H3,(H,16,17);1H. The molecule has 1 amide bonds. The molecule has 0 aliphatic rings. The molecule has 0 aliphatic carbocycles. The molecule has 0 atom stereocenters. The first-order chi connectivity index (χ1) is 8.76. The first-order valence-corrected chi connectivity index (χ1v) is 6.24. The minimum atomic E-state index is 0. The number of hydrogen-bond donors (Lipinski definition) is 2. The highest BCUT2D eigenvalue weighted by Crippen LogP contribution is 2.05. The van der Waals surface area contributed by atoms with Gasteiger partial charge in [0, 0.05) is 20.1 Å². The quantitative estimate of drug-likeness (QED) is 0.718. The van der Waals surface area contributed by atoms with E-state index in [-0.39, 0.29) is 18.3 Å². The Morgan fingerprint density at radius 1 is 1.21 bits per heavy atom. The van der Waals surface area contributed by atoms with E-state index in [1.54, 1.807) is 7.11 Å². The smallest absolute Gasteiger partial charge is 0.220 e. The summed E-state index contributed by atoms with van der Waals surface area (Å²) in [5.41, 5.74) is 2.25. The average Bonchev–Trinajstić information content (AvgIpc) is 2.39. The third-order valence-corrected chi connectivity index (χ3v) is 2.65. The summed E-state index contributed by atoms with van der Waals surface area (Å²) >= 11 is 0. The van der Waals surface area contributed by atoms with Gasteiger partial charge in [-0.05, 0) is 31.1 Å². The van der Waals surface area contributed by atoms with Crippen LogP contribution in [0, 0.1) is 0 Å². The lowest BCUT2D eigenvalue weighted by Gasteiger charge is -2.06. The van der Waals surface area contributed by atoms with E-state index in [4.69, 9.17) is 4.74 Å². The second-order valence-corrected chi connectivity index (χ2v) is 4.23. The Kier molecular flexibility index (Phi) is 10.2. The molecule has 0 unspecified atom stereocenters. The fourth-order valence-electron chi connectivity index (χ4n) is 1.63. The molecule has 5 heteroatoms. The van der Waals surface area contributed by atoms with Gasteiger partial charge in [0.15, 0.2) is 0 Å². The van der Waals surface area contributed by atoms with Crippen LogP contribution in [0.4, 0.5) is 0 Å². The number of nitrogens with one attached hydrogen (secondary N) is 2. The van der Waals surface area contributed by atoms with Crippen molar-refractivity contribution >= 4 is 18.3 Å². The van der Waals surface area contributed by atoms with Crippen molar-refractivity contribution in [3.63, 3.8) is 0 Å². The van der Waals surface area contributed by atoms with E-state index in [9.17, 15) is 4.79 Å². The van der Waals surface area contributed by atoms with Crippen molar-refractivity contribution in [2.75, 3.05) is 20.7 Å². The number of methoxy groups -OCH3 is 1. The monoisotopic (exact) mass is 286 g/mol. The molecule has 2 N–H and O–H groups in total. The van der Waals surface area contributed by atoms with Gasteiger partial charge >= 0.3 is 0 Å². The molecule has 4 nitrogen and oxygen atoms in total. The van der Waals surface area contributed by atoms with Crippen molar-refractivity contribution < 1.29 is 9.53 Å². The van der Waals surface area contributed by atoms with Gasteiger partial charge in [-0.1, -0.05) is 24.3 Å². The molecule has 19 heavy (non-hydrogen) atoms. The Morgan fingerprint density at radius 2 is 1.84 bits per heavy atom. The summed E-state index contributed by atoms with van der Waals surface area (Å²) in [5, 5.41) is 5.93. The normalized spacial score (nSPS) is 9.79. The van der Waals surface area contributed by atoms with Crippen molar-refractivity contribution in [3.8, 4) is 0 Å². The molecule has 0 radical (unpaired) electrons. The zero-order valence-electron chi connectivity index (χ0n) is 11.6. The third kappa shape index (κ3) is 7.82. The molecular formula is C14H23ClN2O2. The van der Waals surface area contributed by atoms with E-state index < -0.39 is 0 Å². The molecule has 1 rings (SSSR count). The molecule has 0 aliphatic heterocycles. The van der Waals surface area contributed by atoms with Gasteiger partial charge in [-0.25, -0.2) is 0 Å². The summed E-state index contributed by atoms with van der Waals surface area (Å²) in [7, 11) is 3.57. The maximum absolute atomic E-state index is 11.5. The first kappa shape index (κ1) is 17.9. The summed E-state index contributed by atoms with van der Waals surface area (Å²) in [6.07, 6.45) is 1.44. The Hall–Kier alpha value is -1.10. The molecule has 0 spiro atoms. The largest absolute Gasteiger partial charge is 0.380 e. The number of halogens is 1. The Labute approximate surface area is 121 Å².